The molecule has 1 aromatic heterocycles. The zero-order valence-corrected chi connectivity index (χ0v) is 11.5. The molecule has 0 radical (unpaired) electrons. The lowest BCUT2D eigenvalue weighted by Crippen LogP contribution is -2.17. The van der Waals surface area contributed by atoms with Crippen LogP contribution in [0, 0.1) is 0 Å². The molecule has 2 rings (SSSR count). The molecule has 6 nitrogen and oxygen atoms in total. The Balaban J connectivity index is 2.02. The molecule has 1 amide bonds. The van der Waals surface area contributed by atoms with Crippen molar-refractivity contribution in [2.45, 2.75) is 6.61 Å². The van der Waals surface area contributed by atoms with Gasteiger partial charge in [0.15, 0.2) is 5.82 Å². The number of halogens is 1. The van der Waals surface area contributed by atoms with E-state index in [0.29, 0.717) is 0 Å². The average Bonchev–Trinajstić information content (AvgIpc) is 2.46. The molecule has 0 aliphatic carbocycles. The highest BCUT2D eigenvalue weighted by Gasteiger charge is 2.15. The van der Waals surface area contributed by atoms with E-state index in [2.05, 4.69) is 10.3 Å². The van der Waals surface area contributed by atoms with Crippen molar-refractivity contribution in [2.75, 3.05) is 5.32 Å². The van der Waals surface area contributed by atoms with Gasteiger partial charge < -0.3 is 9.84 Å². The number of amides is 1. The van der Waals surface area contributed by atoms with Gasteiger partial charge in [0.05, 0.1) is 0 Å². The smallest absolute Gasteiger partial charge is 0.413 e. The number of hydrogen-bond acceptors (Lipinski definition) is 4. The Bertz CT molecular complexity index is 661. The lowest BCUT2D eigenvalue weighted by molar-refractivity contribution is 0.0697. The molecule has 2 N–H and O–H groups in total. The van der Waals surface area contributed by atoms with Crippen LogP contribution in [0.5, 0.6) is 0 Å². The number of anilines is 1. The first kappa shape index (κ1) is 14.8. The molecular formula is C14H11ClN2O4. The molecule has 0 aliphatic heterocycles. The fraction of sp³-hybridized carbons (Fsp3) is 0.0714. The van der Waals surface area contributed by atoms with Crippen LogP contribution in [0.4, 0.5) is 10.6 Å². The Labute approximate surface area is 125 Å². The number of ether oxygens (including phenoxy) is 1. The maximum atomic E-state index is 11.7. The summed E-state index contributed by atoms with van der Waals surface area (Å²) >= 11 is 5.68. The van der Waals surface area contributed by atoms with E-state index in [1.807, 2.05) is 18.2 Å². The summed E-state index contributed by atoms with van der Waals surface area (Å²) in [5.41, 5.74) is 0.640. The second-order valence-corrected chi connectivity index (χ2v) is 4.41. The summed E-state index contributed by atoms with van der Waals surface area (Å²) in [6.45, 7) is 0.0651. The van der Waals surface area contributed by atoms with Crippen LogP contribution in [0.15, 0.2) is 42.5 Å². The predicted molar refractivity (Wildman–Crippen MR) is 76.5 cm³/mol. The molecule has 0 aliphatic rings. The standard InChI is InChI=1S/C14H11ClN2O4/c15-11-7-6-10(13(18)19)12(16-11)17-14(20)21-8-9-4-2-1-3-5-9/h1-7H,8H2,(H,18,19)(H,16,17,20). The van der Waals surface area contributed by atoms with Crippen LogP contribution in [0.3, 0.4) is 0 Å². The van der Waals surface area contributed by atoms with E-state index in [-0.39, 0.29) is 23.1 Å². The summed E-state index contributed by atoms with van der Waals surface area (Å²) < 4.78 is 4.98. The third-order valence-electron chi connectivity index (χ3n) is 2.52. The molecule has 0 bridgehead atoms. The van der Waals surface area contributed by atoms with Crippen molar-refractivity contribution < 1.29 is 19.4 Å². The number of carbonyl (C=O) groups excluding carboxylic acids is 1. The van der Waals surface area contributed by atoms with Crippen LogP contribution in [0.2, 0.25) is 5.15 Å². The zero-order chi connectivity index (χ0) is 15.2. The van der Waals surface area contributed by atoms with Crippen LogP contribution in [-0.4, -0.2) is 22.2 Å². The lowest BCUT2D eigenvalue weighted by atomic mass is 10.2. The molecule has 0 atom stereocenters. The van der Waals surface area contributed by atoms with Crippen molar-refractivity contribution in [3.63, 3.8) is 0 Å². The molecule has 0 spiro atoms. The Morgan fingerprint density at radius 1 is 1.19 bits per heavy atom. The Morgan fingerprint density at radius 2 is 1.90 bits per heavy atom. The zero-order valence-electron chi connectivity index (χ0n) is 10.7. The molecular weight excluding hydrogens is 296 g/mol. The largest absolute Gasteiger partial charge is 0.478 e. The summed E-state index contributed by atoms with van der Waals surface area (Å²) in [4.78, 5) is 26.4. The molecule has 1 heterocycles. The number of carboxylic acid groups (broad SMARTS) is 1. The van der Waals surface area contributed by atoms with E-state index in [1.165, 1.54) is 12.1 Å². The Morgan fingerprint density at radius 3 is 2.57 bits per heavy atom. The quantitative estimate of drug-likeness (QED) is 0.847. The van der Waals surface area contributed by atoms with Gasteiger partial charge >= 0.3 is 12.1 Å². The van der Waals surface area contributed by atoms with Gasteiger partial charge in [0.1, 0.15) is 17.3 Å². The van der Waals surface area contributed by atoms with E-state index >= 15 is 0 Å². The summed E-state index contributed by atoms with van der Waals surface area (Å²) in [7, 11) is 0. The van der Waals surface area contributed by atoms with Gasteiger partial charge in [-0.2, -0.15) is 0 Å². The summed E-state index contributed by atoms with van der Waals surface area (Å²) in [5.74, 6) is -1.38. The summed E-state index contributed by atoms with van der Waals surface area (Å²) in [6, 6.07) is 11.7. The monoisotopic (exact) mass is 306 g/mol. The first-order valence-electron chi connectivity index (χ1n) is 5.94. The third kappa shape index (κ3) is 4.19. The maximum absolute atomic E-state index is 11.7. The Kier molecular flexibility index (Phi) is 4.73. The van der Waals surface area contributed by atoms with Crippen molar-refractivity contribution in [2.24, 2.45) is 0 Å². The number of nitrogens with zero attached hydrogens (tertiary/aromatic N) is 1. The topological polar surface area (TPSA) is 88.5 Å². The average molecular weight is 307 g/mol. The van der Waals surface area contributed by atoms with Crippen LogP contribution in [0.25, 0.3) is 0 Å². The molecule has 0 fully saturated rings. The highest BCUT2D eigenvalue weighted by atomic mass is 35.5. The van der Waals surface area contributed by atoms with Gasteiger partial charge in [-0.3, -0.25) is 5.32 Å². The number of rotatable bonds is 4. The lowest BCUT2D eigenvalue weighted by Gasteiger charge is -2.08. The number of carbonyl (C=O) groups is 2. The second kappa shape index (κ2) is 6.71. The van der Waals surface area contributed by atoms with Gasteiger partial charge in [0.25, 0.3) is 0 Å². The molecule has 108 valence electrons. The minimum atomic E-state index is -1.22. The van der Waals surface area contributed by atoms with E-state index in [4.69, 9.17) is 21.4 Å². The van der Waals surface area contributed by atoms with Crippen molar-refractivity contribution in [1.82, 2.24) is 4.98 Å². The minimum Gasteiger partial charge on any atom is -0.478 e. The number of nitrogens with one attached hydrogen (secondary N) is 1. The SMILES string of the molecule is O=C(Nc1nc(Cl)ccc1C(=O)O)OCc1ccccc1. The van der Waals surface area contributed by atoms with Crippen molar-refractivity contribution in [3.05, 3.63) is 58.7 Å². The molecule has 0 unspecified atom stereocenters. The van der Waals surface area contributed by atoms with E-state index in [1.54, 1.807) is 12.1 Å². The van der Waals surface area contributed by atoms with Gasteiger partial charge in [0, 0.05) is 0 Å². The van der Waals surface area contributed by atoms with Crippen LogP contribution in [-0.2, 0) is 11.3 Å². The van der Waals surface area contributed by atoms with Gasteiger partial charge in [-0.1, -0.05) is 41.9 Å². The highest BCUT2D eigenvalue weighted by Crippen LogP contribution is 2.17. The molecule has 0 saturated carbocycles. The molecule has 7 heteroatoms. The summed E-state index contributed by atoms with van der Waals surface area (Å²) in [5, 5.41) is 11.3. The molecule has 2 aromatic rings. The van der Waals surface area contributed by atoms with Gasteiger partial charge in [-0.15, -0.1) is 0 Å². The number of benzene rings is 1. The first-order valence-corrected chi connectivity index (χ1v) is 6.31. The van der Waals surface area contributed by atoms with Gasteiger partial charge in [0.2, 0.25) is 0 Å². The second-order valence-electron chi connectivity index (χ2n) is 4.02. The fourth-order valence-electron chi connectivity index (χ4n) is 1.56. The van der Waals surface area contributed by atoms with Crippen LogP contribution in [0.1, 0.15) is 15.9 Å². The van der Waals surface area contributed by atoms with Crippen molar-refractivity contribution in [3.8, 4) is 0 Å². The van der Waals surface area contributed by atoms with E-state index in [9.17, 15) is 9.59 Å². The van der Waals surface area contributed by atoms with Crippen molar-refractivity contribution in [1.29, 1.82) is 0 Å². The van der Waals surface area contributed by atoms with Crippen LogP contribution >= 0.6 is 11.6 Å². The van der Waals surface area contributed by atoms with E-state index in [0.717, 1.165) is 5.56 Å². The number of aromatic nitrogens is 1. The highest BCUT2D eigenvalue weighted by molar-refractivity contribution is 6.29. The number of aromatic carboxylic acids is 1. The van der Waals surface area contributed by atoms with Crippen LogP contribution < -0.4 is 5.32 Å². The summed E-state index contributed by atoms with van der Waals surface area (Å²) in [6.07, 6.45) is -0.809. The minimum absolute atomic E-state index is 0.0651. The van der Waals surface area contributed by atoms with Crippen molar-refractivity contribution >= 4 is 29.5 Å². The van der Waals surface area contributed by atoms with E-state index < -0.39 is 12.1 Å². The predicted octanol–water partition coefficient (Wildman–Crippen LogP) is 3.18. The normalized spacial score (nSPS) is 9.95. The van der Waals surface area contributed by atoms with Gasteiger partial charge in [-0.05, 0) is 17.7 Å². The molecule has 21 heavy (non-hydrogen) atoms. The molecule has 1 aromatic carbocycles. The first-order chi connectivity index (χ1) is 10.1. The molecule has 0 saturated heterocycles. The number of pyridine rings is 1. The number of carboxylic acids is 1. The maximum Gasteiger partial charge on any atom is 0.413 e. The fourth-order valence-corrected chi connectivity index (χ4v) is 1.71. The number of hydrogen-bond donors (Lipinski definition) is 2. The van der Waals surface area contributed by atoms with Gasteiger partial charge in [-0.25, -0.2) is 14.6 Å². The third-order valence-corrected chi connectivity index (χ3v) is 2.74. The Hall–Kier alpha value is -2.60.